The number of ether oxygens (including phenoxy) is 1. The summed E-state index contributed by atoms with van der Waals surface area (Å²) >= 11 is 0. The highest BCUT2D eigenvalue weighted by Gasteiger charge is 2.22. The van der Waals surface area contributed by atoms with E-state index in [1.165, 1.54) is 21.5 Å². The maximum absolute atomic E-state index is 5.87. The van der Waals surface area contributed by atoms with Crippen molar-refractivity contribution in [2.24, 2.45) is 0 Å². The normalized spacial score (nSPS) is 11.4. The van der Waals surface area contributed by atoms with Crippen LogP contribution < -0.4 is 4.74 Å². The Hall–Kier alpha value is -3.54. The first-order chi connectivity index (χ1) is 14.0. The van der Waals surface area contributed by atoms with E-state index in [0.29, 0.717) is 12.4 Å². The van der Waals surface area contributed by atoms with Gasteiger partial charge < -0.3 is 4.74 Å². The molecule has 6 nitrogen and oxygen atoms in total. The summed E-state index contributed by atoms with van der Waals surface area (Å²) in [4.78, 5) is 10.1. The number of aromatic nitrogens is 5. The van der Waals surface area contributed by atoms with Gasteiger partial charge in [-0.2, -0.15) is 10.2 Å². The topological polar surface area (TPSA) is 65.7 Å². The predicted molar refractivity (Wildman–Crippen MR) is 111 cm³/mol. The molecule has 2 aromatic heterocycles. The fourth-order valence-corrected chi connectivity index (χ4v) is 3.12. The van der Waals surface area contributed by atoms with Crippen LogP contribution in [-0.4, -0.2) is 25.0 Å². The molecule has 0 spiro atoms. The van der Waals surface area contributed by atoms with E-state index >= 15 is 0 Å². The van der Waals surface area contributed by atoms with E-state index < -0.39 is 0 Å². The Morgan fingerprint density at radius 2 is 1.45 bits per heavy atom. The zero-order valence-corrected chi connectivity index (χ0v) is 16.8. The standard InChI is InChI=1S/C23H23N5O/c1-17-4-6-18(7-5-17)23(2,3)19-8-10-21(11-9-19)29-16-20-14-25-22(15-24-20)28-26-12-13-27-28/h4-15H,16H2,1-3H3. The summed E-state index contributed by atoms with van der Waals surface area (Å²) in [7, 11) is 0. The average Bonchev–Trinajstić information content (AvgIpc) is 3.28. The monoisotopic (exact) mass is 385 g/mol. The van der Waals surface area contributed by atoms with Crippen molar-refractivity contribution in [1.29, 1.82) is 0 Å². The molecule has 0 amide bonds. The summed E-state index contributed by atoms with van der Waals surface area (Å²) < 4.78 is 5.87. The van der Waals surface area contributed by atoms with E-state index in [1.807, 2.05) is 12.1 Å². The van der Waals surface area contributed by atoms with Crippen molar-refractivity contribution in [1.82, 2.24) is 25.0 Å². The van der Waals surface area contributed by atoms with Gasteiger partial charge in [-0.25, -0.2) is 4.98 Å². The summed E-state index contributed by atoms with van der Waals surface area (Å²) in [5, 5.41) is 8.07. The fourth-order valence-electron chi connectivity index (χ4n) is 3.12. The summed E-state index contributed by atoms with van der Waals surface area (Å²) in [6.45, 7) is 6.92. The van der Waals surface area contributed by atoms with Crippen LogP contribution in [0, 0.1) is 6.92 Å². The lowest BCUT2D eigenvalue weighted by Crippen LogP contribution is -2.18. The Morgan fingerprint density at radius 1 is 0.828 bits per heavy atom. The first kappa shape index (κ1) is 18.8. The summed E-state index contributed by atoms with van der Waals surface area (Å²) in [5.74, 6) is 1.37. The second-order valence-electron chi connectivity index (χ2n) is 7.49. The highest BCUT2D eigenvalue weighted by molar-refractivity contribution is 5.40. The van der Waals surface area contributed by atoms with Gasteiger partial charge in [0.1, 0.15) is 12.4 Å². The average molecular weight is 385 g/mol. The number of rotatable bonds is 6. The number of hydrogen-bond acceptors (Lipinski definition) is 5. The van der Waals surface area contributed by atoms with Crippen LogP contribution in [0.5, 0.6) is 5.75 Å². The second-order valence-corrected chi connectivity index (χ2v) is 7.49. The maximum Gasteiger partial charge on any atom is 0.192 e. The lowest BCUT2D eigenvalue weighted by Gasteiger charge is -2.26. The van der Waals surface area contributed by atoms with Gasteiger partial charge in [0.25, 0.3) is 0 Å². The van der Waals surface area contributed by atoms with Crippen molar-refractivity contribution in [3.63, 3.8) is 0 Å². The van der Waals surface area contributed by atoms with Crippen LogP contribution in [-0.2, 0) is 12.0 Å². The molecule has 146 valence electrons. The van der Waals surface area contributed by atoms with Gasteiger partial charge in [-0.3, -0.25) is 4.98 Å². The van der Waals surface area contributed by atoms with Crippen molar-refractivity contribution in [2.75, 3.05) is 0 Å². The molecule has 0 unspecified atom stereocenters. The van der Waals surface area contributed by atoms with E-state index in [0.717, 1.165) is 11.4 Å². The van der Waals surface area contributed by atoms with Crippen molar-refractivity contribution in [2.45, 2.75) is 32.8 Å². The van der Waals surface area contributed by atoms with Crippen LogP contribution in [0.25, 0.3) is 5.82 Å². The minimum Gasteiger partial charge on any atom is -0.487 e. The zero-order chi connectivity index (χ0) is 20.3. The van der Waals surface area contributed by atoms with Gasteiger partial charge >= 0.3 is 0 Å². The number of hydrogen-bond donors (Lipinski definition) is 0. The highest BCUT2D eigenvalue weighted by Crippen LogP contribution is 2.32. The minimum atomic E-state index is -0.0753. The van der Waals surface area contributed by atoms with Gasteiger partial charge in [0.2, 0.25) is 0 Å². The van der Waals surface area contributed by atoms with Crippen molar-refractivity contribution in [3.05, 3.63) is 95.7 Å². The van der Waals surface area contributed by atoms with Crippen molar-refractivity contribution < 1.29 is 4.74 Å². The molecule has 0 fully saturated rings. The van der Waals surface area contributed by atoms with E-state index in [2.05, 4.69) is 77.3 Å². The Morgan fingerprint density at radius 3 is 2.03 bits per heavy atom. The van der Waals surface area contributed by atoms with E-state index in [9.17, 15) is 0 Å². The zero-order valence-electron chi connectivity index (χ0n) is 16.8. The van der Waals surface area contributed by atoms with Crippen LogP contribution in [0.4, 0.5) is 0 Å². The SMILES string of the molecule is Cc1ccc(C(C)(C)c2ccc(OCc3cnc(-n4nccn4)cn3)cc2)cc1. The molecule has 0 saturated heterocycles. The van der Waals surface area contributed by atoms with Crippen LogP contribution in [0.1, 0.15) is 36.2 Å². The fraction of sp³-hybridized carbons (Fsp3) is 0.217. The number of benzene rings is 2. The lowest BCUT2D eigenvalue weighted by molar-refractivity contribution is 0.300. The minimum absolute atomic E-state index is 0.0753. The largest absolute Gasteiger partial charge is 0.487 e. The molecule has 0 N–H and O–H groups in total. The van der Waals surface area contributed by atoms with E-state index in [4.69, 9.17) is 4.74 Å². The van der Waals surface area contributed by atoms with Crippen LogP contribution in [0.15, 0.2) is 73.3 Å². The smallest absolute Gasteiger partial charge is 0.192 e. The molecule has 4 rings (SSSR count). The molecule has 0 bridgehead atoms. The van der Waals surface area contributed by atoms with Gasteiger partial charge in [-0.05, 0) is 30.2 Å². The molecule has 0 aliphatic rings. The molecule has 29 heavy (non-hydrogen) atoms. The van der Waals surface area contributed by atoms with E-state index in [1.54, 1.807) is 24.8 Å². The molecular weight excluding hydrogens is 362 g/mol. The Balaban J connectivity index is 1.41. The van der Waals surface area contributed by atoms with Gasteiger partial charge in [-0.15, -0.1) is 4.80 Å². The molecule has 6 heteroatoms. The molecule has 0 aliphatic heterocycles. The summed E-state index contributed by atoms with van der Waals surface area (Å²) in [6, 6.07) is 16.9. The Kier molecular flexibility index (Phi) is 5.08. The lowest BCUT2D eigenvalue weighted by atomic mass is 9.78. The quantitative estimate of drug-likeness (QED) is 0.496. The maximum atomic E-state index is 5.87. The van der Waals surface area contributed by atoms with Gasteiger partial charge in [0, 0.05) is 5.41 Å². The first-order valence-electron chi connectivity index (χ1n) is 9.50. The third-order valence-electron chi connectivity index (χ3n) is 5.05. The summed E-state index contributed by atoms with van der Waals surface area (Å²) in [5.41, 5.74) is 4.47. The number of nitrogens with zero attached hydrogens (tertiary/aromatic N) is 5. The van der Waals surface area contributed by atoms with Crippen molar-refractivity contribution >= 4 is 0 Å². The molecule has 0 atom stereocenters. The van der Waals surface area contributed by atoms with Crippen LogP contribution in [0.2, 0.25) is 0 Å². The second kappa shape index (κ2) is 7.83. The van der Waals surface area contributed by atoms with Gasteiger partial charge in [0.15, 0.2) is 5.82 Å². The molecule has 4 aromatic rings. The van der Waals surface area contributed by atoms with Crippen LogP contribution in [0.3, 0.4) is 0 Å². The molecule has 0 radical (unpaired) electrons. The van der Waals surface area contributed by atoms with Crippen LogP contribution >= 0.6 is 0 Å². The molecule has 2 aromatic carbocycles. The third kappa shape index (κ3) is 4.16. The first-order valence-corrected chi connectivity index (χ1v) is 9.50. The molecule has 2 heterocycles. The summed E-state index contributed by atoms with van der Waals surface area (Å²) in [6.07, 6.45) is 6.50. The number of aryl methyl sites for hydroxylation is 1. The highest BCUT2D eigenvalue weighted by atomic mass is 16.5. The van der Waals surface area contributed by atoms with E-state index in [-0.39, 0.29) is 5.41 Å². The molecular formula is C23H23N5O. The molecule has 0 aliphatic carbocycles. The van der Waals surface area contributed by atoms with Gasteiger partial charge in [0.05, 0.1) is 30.5 Å². The Labute approximate surface area is 170 Å². The predicted octanol–water partition coefficient (Wildman–Crippen LogP) is 4.27. The molecule has 0 saturated carbocycles. The third-order valence-corrected chi connectivity index (χ3v) is 5.05. The van der Waals surface area contributed by atoms with Gasteiger partial charge in [-0.1, -0.05) is 55.8 Å². The Bertz CT molecular complexity index is 1050. The van der Waals surface area contributed by atoms with Crippen molar-refractivity contribution in [3.8, 4) is 11.6 Å².